The minimum atomic E-state index is 0.349. The molecule has 2 rings (SSSR count). The van der Waals surface area contributed by atoms with Crippen LogP contribution in [0.5, 0.6) is 0 Å². The fraction of sp³-hybridized carbons (Fsp3) is 0.929. The smallest absolute Gasteiger partial charge is 0.223 e. The van der Waals surface area contributed by atoms with Crippen LogP contribution >= 0.6 is 0 Å². The maximum atomic E-state index is 12.1. The lowest BCUT2D eigenvalue weighted by molar-refractivity contribution is -0.133. The zero-order valence-corrected chi connectivity index (χ0v) is 11.9. The van der Waals surface area contributed by atoms with Crippen LogP contribution in [0.25, 0.3) is 0 Å². The molecule has 2 fully saturated rings. The van der Waals surface area contributed by atoms with Gasteiger partial charge in [0.25, 0.3) is 0 Å². The van der Waals surface area contributed by atoms with E-state index in [2.05, 4.69) is 23.8 Å². The third-order valence-electron chi connectivity index (χ3n) is 4.37. The van der Waals surface area contributed by atoms with E-state index in [9.17, 15) is 4.79 Å². The maximum Gasteiger partial charge on any atom is 0.223 e. The van der Waals surface area contributed by atoms with Crippen molar-refractivity contribution in [3.05, 3.63) is 0 Å². The molecule has 2 aliphatic heterocycles. The highest BCUT2D eigenvalue weighted by Crippen LogP contribution is 2.16. The van der Waals surface area contributed by atoms with E-state index in [4.69, 9.17) is 0 Å². The predicted molar refractivity (Wildman–Crippen MR) is 73.5 cm³/mol. The second-order valence-electron chi connectivity index (χ2n) is 5.96. The Morgan fingerprint density at radius 2 is 1.67 bits per heavy atom. The minimum Gasteiger partial charge on any atom is -0.340 e. The lowest BCUT2D eigenvalue weighted by Gasteiger charge is -2.34. The Kier molecular flexibility index (Phi) is 5.01. The van der Waals surface area contributed by atoms with Crippen molar-refractivity contribution in [2.24, 2.45) is 5.92 Å². The van der Waals surface area contributed by atoms with Crippen LogP contribution in [-0.4, -0.2) is 73.5 Å². The van der Waals surface area contributed by atoms with Gasteiger partial charge in [-0.3, -0.25) is 4.79 Å². The quantitative estimate of drug-likeness (QED) is 0.747. The standard InChI is InChI=1S/C14H27N3O/c1-13-3-6-16(7-4-13)8-5-14(18)17-11-9-15(2)10-12-17/h13H,3-12H2,1-2H3. The molecule has 0 aliphatic carbocycles. The van der Waals surface area contributed by atoms with Crippen molar-refractivity contribution in [1.82, 2.24) is 14.7 Å². The fourth-order valence-corrected chi connectivity index (χ4v) is 2.75. The van der Waals surface area contributed by atoms with Gasteiger partial charge in [0.2, 0.25) is 5.91 Å². The Balaban J connectivity index is 1.65. The fourth-order valence-electron chi connectivity index (χ4n) is 2.75. The molecule has 0 unspecified atom stereocenters. The molecule has 0 aromatic carbocycles. The first-order valence-corrected chi connectivity index (χ1v) is 7.34. The number of hydrogen-bond donors (Lipinski definition) is 0. The van der Waals surface area contributed by atoms with E-state index < -0.39 is 0 Å². The number of carbonyl (C=O) groups excluding carboxylic acids is 1. The van der Waals surface area contributed by atoms with Gasteiger partial charge >= 0.3 is 0 Å². The summed E-state index contributed by atoms with van der Waals surface area (Å²) in [4.78, 5) is 18.9. The van der Waals surface area contributed by atoms with E-state index in [1.807, 2.05) is 4.90 Å². The predicted octanol–water partition coefficient (Wildman–Crippen LogP) is 0.882. The number of amides is 1. The number of nitrogens with zero attached hydrogens (tertiary/aromatic N) is 3. The van der Waals surface area contributed by atoms with Crippen LogP contribution in [-0.2, 0) is 4.79 Å². The zero-order chi connectivity index (χ0) is 13.0. The Labute approximate surface area is 111 Å². The summed E-state index contributed by atoms with van der Waals surface area (Å²) in [7, 11) is 2.12. The molecule has 2 aliphatic rings. The average molecular weight is 253 g/mol. The van der Waals surface area contributed by atoms with E-state index in [0.29, 0.717) is 12.3 Å². The maximum absolute atomic E-state index is 12.1. The van der Waals surface area contributed by atoms with Crippen LogP contribution in [0.3, 0.4) is 0 Å². The largest absolute Gasteiger partial charge is 0.340 e. The van der Waals surface area contributed by atoms with Crippen LogP contribution in [0.4, 0.5) is 0 Å². The van der Waals surface area contributed by atoms with E-state index in [1.54, 1.807) is 0 Å². The lowest BCUT2D eigenvalue weighted by atomic mass is 9.99. The molecule has 0 bridgehead atoms. The SMILES string of the molecule is CC1CCN(CCC(=O)N2CCN(C)CC2)CC1. The Morgan fingerprint density at radius 1 is 1.06 bits per heavy atom. The van der Waals surface area contributed by atoms with Crippen molar-refractivity contribution in [2.45, 2.75) is 26.2 Å². The minimum absolute atomic E-state index is 0.349. The number of piperidine rings is 1. The summed E-state index contributed by atoms with van der Waals surface area (Å²) in [6.07, 6.45) is 3.30. The first-order valence-electron chi connectivity index (χ1n) is 7.34. The first-order chi connectivity index (χ1) is 8.65. The lowest BCUT2D eigenvalue weighted by Crippen LogP contribution is -2.48. The van der Waals surface area contributed by atoms with Crippen molar-refractivity contribution >= 4 is 5.91 Å². The summed E-state index contributed by atoms with van der Waals surface area (Å²) in [6.45, 7) is 9.50. The molecule has 1 amide bonds. The molecule has 0 radical (unpaired) electrons. The van der Waals surface area contributed by atoms with E-state index in [-0.39, 0.29) is 0 Å². The molecule has 0 aromatic heterocycles. The summed E-state index contributed by atoms with van der Waals surface area (Å²) in [6, 6.07) is 0. The van der Waals surface area contributed by atoms with E-state index >= 15 is 0 Å². The molecule has 0 atom stereocenters. The number of hydrogen-bond acceptors (Lipinski definition) is 3. The first kappa shape index (κ1) is 13.8. The Bertz CT molecular complexity index is 266. The molecule has 2 saturated heterocycles. The molecular formula is C14H27N3O. The molecule has 4 nitrogen and oxygen atoms in total. The molecular weight excluding hydrogens is 226 g/mol. The summed E-state index contributed by atoms with van der Waals surface area (Å²) in [5.74, 6) is 1.22. The van der Waals surface area contributed by atoms with Gasteiger partial charge in [-0.05, 0) is 38.9 Å². The number of likely N-dealkylation sites (tertiary alicyclic amines) is 1. The number of rotatable bonds is 3. The van der Waals surface area contributed by atoms with Gasteiger partial charge in [0, 0.05) is 39.1 Å². The van der Waals surface area contributed by atoms with Gasteiger partial charge in [-0.1, -0.05) is 6.92 Å². The molecule has 18 heavy (non-hydrogen) atoms. The normalized spacial score (nSPS) is 24.4. The Morgan fingerprint density at radius 3 is 2.28 bits per heavy atom. The van der Waals surface area contributed by atoms with Gasteiger partial charge in [-0.25, -0.2) is 0 Å². The second-order valence-corrected chi connectivity index (χ2v) is 5.96. The molecule has 0 saturated carbocycles. The third-order valence-corrected chi connectivity index (χ3v) is 4.37. The average Bonchev–Trinajstić information content (AvgIpc) is 2.38. The van der Waals surface area contributed by atoms with Crippen molar-refractivity contribution in [1.29, 1.82) is 0 Å². The second kappa shape index (κ2) is 6.53. The van der Waals surface area contributed by atoms with Crippen LogP contribution in [0, 0.1) is 5.92 Å². The Hall–Kier alpha value is -0.610. The van der Waals surface area contributed by atoms with Gasteiger partial charge in [-0.15, -0.1) is 0 Å². The van der Waals surface area contributed by atoms with Crippen LogP contribution < -0.4 is 0 Å². The summed E-state index contributed by atoms with van der Waals surface area (Å²) in [5.41, 5.74) is 0. The van der Waals surface area contributed by atoms with Crippen LogP contribution in [0.15, 0.2) is 0 Å². The summed E-state index contributed by atoms with van der Waals surface area (Å²) in [5, 5.41) is 0. The number of piperazine rings is 1. The van der Waals surface area contributed by atoms with Gasteiger partial charge in [0.05, 0.1) is 0 Å². The van der Waals surface area contributed by atoms with E-state index in [1.165, 1.54) is 25.9 Å². The molecule has 4 heteroatoms. The van der Waals surface area contributed by atoms with Crippen molar-refractivity contribution in [2.75, 3.05) is 52.9 Å². The van der Waals surface area contributed by atoms with Crippen LogP contribution in [0.2, 0.25) is 0 Å². The van der Waals surface area contributed by atoms with Crippen LogP contribution in [0.1, 0.15) is 26.2 Å². The molecule has 0 aromatic rings. The highest BCUT2D eigenvalue weighted by Gasteiger charge is 2.21. The topological polar surface area (TPSA) is 26.8 Å². The van der Waals surface area contributed by atoms with E-state index in [0.717, 1.165) is 38.6 Å². The summed E-state index contributed by atoms with van der Waals surface area (Å²) < 4.78 is 0. The van der Waals surface area contributed by atoms with Gasteiger partial charge in [0.1, 0.15) is 0 Å². The van der Waals surface area contributed by atoms with Gasteiger partial charge in [0.15, 0.2) is 0 Å². The molecule has 0 spiro atoms. The molecule has 2 heterocycles. The molecule has 104 valence electrons. The van der Waals surface area contributed by atoms with Gasteiger partial charge < -0.3 is 14.7 Å². The highest BCUT2D eigenvalue weighted by molar-refractivity contribution is 5.76. The number of likely N-dealkylation sites (N-methyl/N-ethyl adjacent to an activating group) is 1. The highest BCUT2D eigenvalue weighted by atomic mass is 16.2. The number of carbonyl (C=O) groups is 1. The summed E-state index contributed by atoms with van der Waals surface area (Å²) >= 11 is 0. The zero-order valence-electron chi connectivity index (χ0n) is 11.9. The monoisotopic (exact) mass is 253 g/mol. The van der Waals surface area contributed by atoms with Crippen molar-refractivity contribution < 1.29 is 4.79 Å². The van der Waals surface area contributed by atoms with Crippen molar-refractivity contribution in [3.63, 3.8) is 0 Å². The third kappa shape index (κ3) is 3.95. The molecule has 0 N–H and O–H groups in total. The van der Waals surface area contributed by atoms with Crippen molar-refractivity contribution in [3.8, 4) is 0 Å². The van der Waals surface area contributed by atoms with Gasteiger partial charge in [-0.2, -0.15) is 0 Å².